The third-order valence-corrected chi connectivity index (χ3v) is 4.23. The van der Waals surface area contributed by atoms with E-state index in [2.05, 4.69) is 5.43 Å². The second-order valence-corrected chi connectivity index (χ2v) is 5.60. The summed E-state index contributed by atoms with van der Waals surface area (Å²) in [5.74, 6) is 6.32. The molecule has 1 aliphatic rings. The molecule has 0 spiro atoms. The summed E-state index contributed by atoms with van der Waals surface area (Å²) in [6.45, 7) is 0. The van der Waals surface area contributed by atoms with E-state index in [-0.39, 0.29) is 0 Å². The van der Waals surface area contributed by atoms with Crippen LogP contribution in [-0.4, -0.2) is 6.04 Å². The van der Waals surface area contributed by atoms with Crippen molar-refractivity contribution in [2.45, 2.75) is 38.1 Å². The highest BCUT2D eigenvalue weighted by Crippen LogP contribution is 2.30. The molecule has 1 unspecified atom stereocenters. The maximum Gasteiger partial charge on any atom is 0.0439 e. The summed E-state index contributed by atoms with van der Waals surface area (Å²) in [4.78, 5) is 0. The zero-order chi connectivity index (χ0) is 12.3. The van der Waals surface area contributed by atoms with Crippen molar-refractivity contribution in [1.29, 1.82) is 0 Å². The summed E-state index contributed by atoms with van der Waals surface area (Å²) < 4.78 is 0. The first kappa shape index (κ1) is 13.2. The van der Waals surface area contributed by atoms with Crippen molar-refractivity contribution in [2.24, 2.45) is 11.8 Å². The first-order chi connectivity index (χ1) is 8.20. The van der Waals surface area contributed by atoms with Gasteiger partial charge in [-0.2, -0.15) is 0 Å². The molecule has 0 heterocycles. The van der Waals surface area contributed by atoms with Crippen LogP contribution in [0.4, 0.5) is 0 Å². The average Bonchev–Trinajstić information content (AvgIpc) is 2.84. The number of benzene rings is 1. The lowest BCUT2D eigenvalue weighted by Gasteiger charge is -2.23. The molecule has 2 nitrogen and oxygen atoms in total. The normalized spacial score (nSPS) is 18.5. The summed E-state index contributed by atoms with van der Waals surface area (Å²) in [7, 11) is 0. The monoisotopic (exact) mass is 272 g/mol. The first-order valence-electron chi connectivity index (χ1n) is 6.10. The molecule has 94 valence electrons. The average molecular weight is 273 g/mol. The van der Waals surface area contributed by atoms with Gasteiger partial charge in [-0.15, -0.1) is 0 Å². The molecular formula is C13H18Cl2N2. The molecule has 2 rings (SSSR count). The largest absolute Gasteiger partial charge is 0.271 e. The Morgan fingerprint density at radius 2 is 2.00 bits per heavy atom. The van der Waals surface area contributed by atoms with Gasteiger partial charge < -0.3 is 0 Å². The SMILES string of the molecule is NNC(Cc1cc(Cl)ccc1Cl)C1CCCC1. The second-order valence-electron chi connectivity index (χ2n) is 4.76. The lowest BCUT2D eigenvalue weighted by Crippen LogP contribution is -2.41. The van der Waals surface area contributed by atoms with Gasteiger partial charge in [0.25, 0.3) is 0 Å². The van der Waals surface area contributed by atoms with E-state index in [1.807, 2.05) is 18.2 Å². The van der Waals surface area contributed by atoms with Gasteiger partial charge in [0, 0.05) is 16.1 Å². The predicted molar refractivity (Wildman–Crippen MR) is 73.2 cm³/mol. The standard InChI is InChI=1S/C13H18Cl2N2/c14-11-5-6-12(15)10(7-11)8-13(17-16)9-3-1-2-4-9/h5-7,9,13,17H,1-4,8,16H2. The Bertz CT molecular complexity index is 376. The molecule has 0 aliphatic heterocycles. The van der Waals surface area contributed by atoms with Gasteiger partial charge in [-0.3, -0.25) is 11.3 Å². The number of hydrogen-bond acceptors (Lipinski definition) is 2. The van der Waals surface area contributed by atoms with Crippen LogP contribution in [0.3, 0.4) is 0 Å². The molecule has 3 N–H and O–H groups in total. The molecule has 0 amide bonds. The number of nitrogens with one attached hydrogen (secondary N) is 1. The van der Waals surface area contributed by atoms with Crippen LogP contribution in [0.5, 0.6) is 0 Å². The molecule has 1 aliphatic carbocycles. The zero-order valence-corrected chi connectivity index (χ0v) is 11.3. The first-order valence-corrected chi connectivity index (χ1v) is 6.86. The Hall–Kier alpha value is -0.280. The van der Waals surface area contributed by atoms with Crippen molar-refractivity contribution in [1.82, 2.24) is 5.43 Å². The van der Waals surface area contributed by atoms with Gasteiger partial charge in [-0.25, -0.2) is 0 Å². The molecule has 17 heavy (non-hydrogen) atoms. The number of nitrogens with two attached hydrogens (primary N) is 1. The van der Waals surface area contributed by atoms with Crippen molar-refractivity contribution in [3.63, 3.8) is 0 Å². The molecule has 1 fully saturated rings. The zero-order valence-electron chi connectivity index (χ0n) is 9.76. The van der Waals surface area contributed by atoms with Crippen LogP contribution >= 0.6 is 23.2 Å². The Morgan fingerprint density at radius 1 is 1.29 bits per heavy atom. The van der Waals surface area contributed by atoms with Gasteiger partial charge in [0.15, 0.2) is 0 Å². The van der Waals surface area contributed by atoms with E-state index in [1.165, 1.54) is 25.7 Å². The number of hydrogen-bond donors (Lipinski definition) is 2. The fraction of sp³-hybridized carbons (Fsp3) is 0.538. The van der Waals surface area contributed by atoms with Gasteiger partial charge in [0.05, 0.1) is 0 Å². The summed E-state index contributed by atoms with van der Waals surface area (Å²) in [5.41, 5.74) is 4.02. The van der Waals surface area contributed by atoms with Crippen LogP contribution in [-0.2, 0) is 6.42 Å². The molecule has 4 heteroatoms. The van der Waals surface area contributed by atoms with Crippen molar-refractivity contribution in [3.8, 4) is 0 Å². The summed E-state index contributed by atoms with van der Waals surface area (Å²) in [6.07, 6.45) is 5.99. The molecule has 1 atom stereocenters. The minimum absolute atomic E-state index is 0.300. The molecule has 0 radical (unpaired) electrons. The maximum absolute atomic E-state index is 6.18. The van der Waals surface area contributed by atoms with E-state index < -0.39 is 0 Å². The molecule has 1 aromatic rings. The lowest BCUT2D eigenvalue weighted by molar-refractivity contribution is 0.361. The van der Waals surface area contributed by atoms with E-state index in [0.29, 0.717) is 12.0 Å². The minimum Gasteiger partial charge on any atom is -0.271 e. The number of rotatable bonds is 4. The van der Waals surface area contributed by atoms with Crippen molar-refractivity contribution < 1.29 is 0 Å². The van der Waals surface area contributed by atoms with Gasteiger partial charge >= 0.3 is 0 Å². The van der Waals surface area contributed by atoms with E-state index in [0.717, 1.165) is 22.0 Å². The third-order valence-electron chi connectivity index (χ3n) is 3.63. The van der Waals surface area contributed by atoms with Crippen LogP contribution in [0.1, 0.15) is 31.2 Å². The van der Waals surface area contributed by atoms with Crippen LogP contribution in [0.2, 0.25) is 10.0 Å². The van der Waals surface area contributed by atoms with Crippen LogP contribution in [0.15, 0.2) is 18.2 Å². The molecule has 1 aromatic carbocycles. The topological polar surface area (TPSA) is 38.0 Å². The molecule has 0 aromatic heterocycles. The Labute approximate surface area is 112 Å². The fourth-order valence-corrected chi connectivity index (χ4v) is 3.05. The quantitative estimate of drug-likeness (QED) is 0.650. The number of halogens is 2. The minimum atomic E-state index is 0.300. The highest BCUT2D eigenvalue weighted by atomic mass is 35.5. The van der Waals surface area contributed by atoms with Crippen molar-refractivity contribution in [2.75, 3.05) is 0 Å². The van der Waals surface area contributed by atoms with E-state index in [1.54, 1.807) is 0 Å². The highest BCUT2D eigenvalue weighted by molar-refractivity contribution is 6.33. The molecular weight excluding hydrogens is 255 g/mol. The Kier molecular flexibility index (Phi) is 4.69. The molecule has 1 saturated carbocycles. The van der Waals surface area contributed by atoms with E-state index in [9.17, 15) is 0 Å². The smallest absolute Gasteiger partial charge is 0.0439 e. The fourth-order valence-electron chi connectivity index (χ4n) is 2.66. The van der Waals surface area contributed by atoms with Gasteiger partial charge in [0.1, 0.15) is 0 Å². The van der Waals surface area contributed by atoms with Crippen molar-refractivity contribution in [3.05, 3.63) is 33.8 Å². The van der Waals surface area contributed by atoms with Crippen molar-refractivity contribution >= 4 is 23.2 Å². The third kappa shape index (κ3) is 3.35. The number of hydrazine groups is 1. The van der Waals surface area contributed by atoms with E-state index >= 15 is 0 Å². The highest BCUT2D eigenvalue weighted by Gasteiger charge is 2.24. The molecule has 0 bridgehead atoms. The van der Waals surface area contributed by atoms with Gasteiger partial charge in [-0.05, 0) is 48.9 Å². The van der Waals surface area contributed by atoms with Gasteiger partial charge in [0.2, 0.25) is 0 Å². The van der Waals surface area contributed by atoms with Crippen LogP contribution in [0, 0.1) is 5.92 Å². The van der Waals surface area contributed by atoms with E-state index in [4.69, 9.17) is 29.0 Å². The summed E-state index contributed by atoms with van der Waals surface area (Å²) in [5, 5.41) is 1.50. The Morgan fingerprint density at radius 3 is 2.65 bits per heavy atom. The summed E-state index contributed by atoms with van der Waals surface area (Å²) in [6, 6.07) is 5.90. The Balaban J connectivity index is 2.09. The lowest BCUT2D eigenvalue weighted by atomic mass is 9.93. The van der Waals surface area contributed by atoms with Crippen LogP contribution in [0.25, 0.3) is 0 Å². The maximum atomic E-state index is 6.18. The predicted octanol–water partition coefficient (Wildman–Crippen LogP) is 3.56. The van der Waals surface area contributed by atoms with Gasteiger partial charge in [-0.1, -0.05) is 36.0 Å². The van der Waals surface area contributed by atoms with Crippen LogP contribution < -0.4 is 11.3 Å². The molecule has 0 saturated heterocycles. The second kappa shape index (κ2) is 6.05. The summed E-state index contributed by atoms with van der Waals surface area (Å²) >= 11 is 12.2.